The Morgan fingerprint density at radius 1 is 1.10 bits per heavy atom. The molecule has 0 unspecified atom stereocenters. The molecule has 158 valence electrons. The molecule has 5 nitrogen and oxygen atoms in total. The van der Waals surface area contributed by atoms with Crippen molar-refractivity contribution in [1.82, 2.24) is 5.32 Å². The molecule has 0 heterocycles. The maximum absolute atomic E-state index is 13.1. The third-order valence-electron chi connectivity index (χ3n) is 4.72. The monoisotopic (exact) mass is 436 g/mol. The first-order valence-electron chi connectivity index (χ1n) is 9.61. The van der Waals surface area contributed by atoms with Gasteiger partial charge in [0, 0.05) is 5.02 Å². The van der Waals surface area contributed by atoms with E-state index in [9.17, 15) is 13.2 Å². The molecule has 0 aliphatic heterocycles. The fourth-order valence-corrected chi connectivity index (χ4v) is 4.72. The Hall–Kier alpha value is -2.05. The molecule has 2 atom stereocenters. The highest BCUT2D eigenvalue weighted by atomic mass is 35.5. The van der Waals surface area contributed by atoms with E-state index in [1.807, 2.05) is 30.3 Å². The predicted molar refractivity (Wildman–Crippen MR) is 120 cm³/mol. The second kappa shape index (κ2) is 9.63. The molecule has 0 aliphatic rings. The summed E-state index contributed by atoms with van der Waals surface area (Å²) in [5.74, 6) is 0.00120. The summed E-state index contributed by atoms with van der Waals surface area (Å²) in [5.41, 5.74) is 2.12. The van der Waals surface area contributed by atoms with Crippen molar-refractivity contribution in [3.63, 3.8) is 0 Å². The summed E-state index contributed by atoms with van der Waals surface area (Å²) in [4.78, 5) is 13.1. The Morgan fingerprint density at radius 3 is 2.28 bits per heavy atom. The molecule has 0 aliphatic carbocycles. The Kier molecular flexibility index (Phi) is 7.72. The van der Waals surface area contributed by atoms with E-state index >= 15 is 0 Å². The lowest BCUT2D eigenvalue weighted by atomic mass is 9.96. The van der Waals surface area contributed by atoms with E-state index < -0.39 is 16.1 Å². The standard InChI is InChI=1S/C22H29ClN2O3S/c1-15(2)13-20(18-9-7-6-8-10-18)24-22(26)17(4)25(29(5,27)28)21-14-19(23)12-11-16(21)3/h6-12,14-15,17,20H,13H2,1-5H3,(H,24,26)/t17-,20+/m0/s1. The molecule has 2 aromatic carbocycles. The fourth-order valence-electron chi connectivity index (χ4n) is 3.33. The van der Waals surface area contributed by atoms with E-state index in [1.54, 1.807) is 32.0 Å². The summed E-state index contributed by atoms with van der Waals surface area (Å²) in [7, 11) is -3.71. The van der Waals surface area contributed by atoms with Crippen molar-refractivity contribution in [3.8, 4) is 0 Å². The van der Waals surface area contributed by atoms with Crippen LogP contribution < -0.4 is 9.62 Å². The first-order valence-corrected chi connectivity index (χ1v) is 11.8. The molecule has 2 aromatic rings. The van der Waals surface area contributed by atoms with Crippen LogP contribution in [0.25, 0.3) is 0 Å². The van der Waals surface area contributed by atoms with Gasteiger partial charge >= 0.3 is 0 Å². The van der Waals surface area contributed by atoms with E-state index in [0.29, 0.717) is 16.6 Å². The first kappa shape index (κ1) is 23.2. The molecule has 1 N–H and O–H groups in total. The zero-order valence-corrected chi connectivity index (χ0v) is 19.1. The van der Waals surface area contributed by atoms with Gasteiger partial charge in [0.2, 0.25) is 15.9 Å². The van der Waals surface area contributed by atoms with Gasteiger partial charge in [0.15, 0.2) is 0 Å². The average Bonchev–Trinajstić information content (AvgIpc) is 2.63. The Labute approximate surface area is 179 Å². The highest BCUT2D eigenvalue weighted by molar-refractivity contribution is 7.92. The molecule has 29 heavy (non-hydrogen) atoms. The van der Waals surface area contributed by atoms with Crippen molar-refractivity contribution < 1.29 is 13.2 Å². The van der Waals surface area contributed by atoms with Crippen LogP contribution in [0.1, 0.15) is 44.4 Å². The van der Waals surface area contributed by atoms with Gasteiger partial charge in [-0.25, -0.2) is 8.42 Å². The lowest BCUT2D eigenvalue weighted by Gasteiger charge is -2.31. The van der Waals surface area contributed by atoms with Gasteiger partial charge in [0.25, 0.3) is 0 Å². The van der Waals surface area contributed by atoms with Crippen LogP contribution in [0.2, 0.25) is 5.02 Å². The van der Waals surface area contributed by atoms with Gasteiger partial charge in [0.05, 0.1) is 18.0 Å². The van der Waals surface area contributed by atoms with E-state index in [0.717, 1.165) is 28.1 Å². The quantitative estimate of drug-likeness (QED) is 0.651. The van der Waals surface area contributed by atoms with Crippen LogP contribution in [0.4, 0.5) is 5.69 Å². The molecule has 7 heteroatoms. The summed E-state index contributed by atoms with van der Waals surface area (Å²) in [5, 5.41) is 3.45. The number of rotatable bonds is 8. The number of benzene rings is 2. The normalized spacial score (nSPS) is 13.8. The van der Waals surface area contributed by atoms with Crippen molar-refractivity contribution >= 4 is 33.2 Å². The summed E-state index contributed by atoms with van der Waals surface area (Å²) in [6.45, 7) is 7.56. The SMILES string of the molecule is Cc1ccc(Cl)cc1N([C@@H](C)C(=O)N[C@H](CC(C)C)c1ccccc1)S(C)(=O)=O. The lowest BCUT2D eigenvalue weighted by Crippen LogP contribution is -2.49. The number of sulfonamides is 1. The maximum atomic E-state index is 13.1. The number of aryl methyl sites for hydroxylation is 1. The van der Waals surface area contributed by atoms with Gasteiger partial charge in [-0.2, -0.15) is 0 Å². The summed E-state index contributed by atoms with van der Waals surface area (Å²) < 4.78 is 26.3. The van der Waals surface area contributed by atoms with Gasteiger partial charge in [-0.05, 0) is 49.4 Å². The summed E-state index contributed by atoms with van der Waals surface area (Å²) in [6.07, 6.45) is 1.84. The molecule has 2 rings (SSSR count). The van der Waals surface area contributed by atoms with Crippen LogP contribution in [0.15, 0.2) is 48.5 Å². The minimum Gasteiger partial charge on any atom is -0.347 e. The van der Waals surface area contributed by atoms with Crippen molar-refractivity contribution in [1.29, 1.82) is 0 Å². The third kappa shape index (κ3) is 6.21. The number of hydrogen-bond donors (Lipinski definition) is 1. The minimum atomic E-state index is -3.71. The number of hydrogen-bond acceptors (Lipinski definition) is 3. The first-order chi connectivity index (χ1) is 13.5. The molecule has 0 saturated carbocycles. The van der Waals surface area contributed by atoms with Crippen LogP contribution in [0.5, 0.6) is 0 Å². The Balaban J connectivity index is 2.36. The number of carbonyl (C=O) groups excluding carboxylic acids is 1. The highest BCUT2D eigenvalue weighted by Gasteiger charge is 2.31. The van der Waals surface area contributed by atoms with Gasteiger partial charge in [-0.3, -0.25) is 9.10 Å². The number of amides is 1. The topological polar surface area (TPSA) is 66.5 Å². The molecule has 0 spiro atoms. The molecule has 0 fully saturated rings. The zero-order valence-electron chi connectivity index (χ0n) is 17.5. The highest BCUT2D eigenvalue weighted by Crippen LogP contribution is 2.29. The average molecular weight is 437 g/mol. The Morgan fingerprint density at radius 2 is 1.72 bits per heavy atom. The number of halogens is 1. The molecule has 1 amide bonds. The van der Waals surface area contributed by atoms with Crippen LogP contribution in [0, 0.1) is 12.8 Å². The van der Waals surface area contributed by atoms with E-state index in [2.05, 4.69) is 19.2 Å². The molecule has 0 aromatic heterocycles. The fraction of sp³-hybridized carbons (Fsp3) is 0.409. The van der Waals surface area contributed by atoms with E-state index in [-0.39, 0.29) is 11.9 Å². The van der Waals surface area contributed by atoms with E-state index in [1.165, 1.54) is 0 Å². The molecular weight excluding hydrogens is 408 g/mol. The second-order valence-corrected chi connectivity index (χ2v) is 10.1. The van der Waals surface area contributed by atoms with Crippen molar-refractivity contribution in [2.75, 3.05) is 10.6 Å². The summed E-state index contributed by atoms with van der Waals surface area (Å²) >= 11 is 6.09. The summed E-state index contributed by atoms with van der Waals surface area (Å²) in [6, 6.07) is 13.6. The van der Waals surface area contributed by atoms with Crippen molar-refractivity contribution in [2.24, 2.45) is 5.92 Å². The lowest BCUT2D eigenvalue weighted by molar-refractivity contribution is -0.122. The van der Waals surface area contributed by atoms with E-state index in [4.69, 9.17) is 11.6 Å². The van der Waals surface area contributed by atoms with Crippen LogP contribution in [0.3, 0.4) is 0 Å². The predicted octanol–water partition coefficient (Wildman–Crippen LogP) is 4.71. The van der Waals surface area contributed by atoms with Crippen LogP contribution >= 0.6 is 11.6 Å². The van der Waals surface area contributed by atoms with Gasteiger partial charge in [0.1, 0.15) is 6.04 Å². The molecule has 0 bridgehead atoms. The Bertz CT molecular complexity index is 946. The van der Waals surface area contributed by atoms with Gasteiger partial charge in [-0.1, -0.05) is 61.8 Å². The number of anilines is 1. The van der Waals surface area contributed by atoms with Crippen LogP contribution in [-0.2, 0) is 14.8 Å². The molecular formula is C22H29ClN2O3S. The van der Waals surface area contributed by atoms with Gasteiger partial charge in [-0.15, -0.1) is 0 Å². The second-order valence-electron chi connectivity index (χ2n) is 7.77. The van der Waals surface area contributed by atoms with Gasteiger partial charge < -0.3 is 5.32 Å². The number of nitrogens with zero attached hydrogens (tertiary/aromatic N) is 1. The van der Waals surface area contributed by atoms with Crippen molar-refractivity contribution in [2.45, 2.75) is 46.2 Å². The molecule has 0 radical (unpaired) electrons. The number of nitrogens with one attached hydrogen (secondary N) is 1. The van der Waals surface area contributed by atoms with Crippen LogP contribution in [-0.4, -0.2) is 26.6 Å². The molecule has 0 saturated heterocycles. The van der Waals surface area contributed by atoms with Crippen molar-refractivity contribution in [3.05, 3.63) is 64.7 Å². The maximum Gasteiger partial charge on any atom is 0.244 e. The third-order valence-corrected chi connectivity index (χ3v) is 6.19. The zero-order chi connectivity index (χ0) is 21.8. The minimum absolute atomic E-state index is 0.201. The largest absolute Gasteiger partial charge is 0.347 e. The number of carbonyl (C=O) groups is 1. The smallest absolute Gasteiger partial charge is 0.244 e.